The summed E-state index contributed by atoms with van der Waals surface area (Å²) in [6.45, 7) is 0. The van der Waals surface area contributed by atoms with Crippen molar-refractivity contribution in [3.8, 4) is 44.5 Å². The van der Waals surface area contributed by atoms with Crippen molar-refractivity contribution in [2.75, 3.05) is 0 Å². The Morgan fingerprint density at radius 3 is 1.28 bits per heavy atom. The molecule has 0 spiro atoms. The van der Waals surface area contributed by atoms with Crippen molar-refractivity contribution in [3.63, 3.8) is 0 Å². The smallest absolute Gasteiger partial charge is 0.0642 e. The van der Waals surface area contributed by atoms with Gasteiger partial charge < -0.3 is 8.80 Å². The summed E-state index contributed by atoms with van der Waals surface area (Å²) in [6.07, 6.45) is 0. The first kappa shape index (κ1) is 25.4. The molecule has 50 heavy (non-hydrogen) atoms. The third-order valence-corrected chi connectivity index (χ3v) is 11.7. The van der Waals surface area contributed by atoms with Gasteiger partial charge in [-0.15, -0.1) is 0 Å². The zero-order chi connectivity index (χ0) is 32.2. The Balaban J connectivity index is 1.36. The maximum absolute atomic E-state index is 2.61. The monoisotopic (exact) mass is 630 g/mol. The van der Waals surface area contributed by atoms with Gasteiger partial charge in [0.05, 0.1) is 33.1 Å². The highest BCUT2D eigenvalue weighted by molar-refractivity contribution is 6.38. The first-order valence-corrected chi connectivity index (χ1v) is 17.5. The van der Waals surface area contributed by atoms with Gasteiger partial charge in [-0.05, 0) is 69.3 Å². The molecule has 228 valence electrons. The highest BCUT2D eigenvalue weighted by Gasteiger charge is 2.30. The van der Waals surface area contributed by atoms with Gasteiger partial charge in [0, 0.05) is 48.7 Å². The van der Waals surface area contributed by atoms with Crippen LogP contribution in [0.3, 0.4) is 0 Å². The lowest BCUT2D eigenvalue weighted by Gasteiger charge is -2.24. The van der Waals surface area contributed by atoms with Crippen LogP contribution in [0.5, 0.6) is 0 Å². The van der Waals surface area contributed by atoms with Crippen molar-refractivity contribution in [2.24, 2.45) is 0 Å². The predicted octanol–water partition coefficient (Wildman–Crippen LogP) is 13.0. The molecule has 2 heteroatoms. The van der Waals surface area contributed by atoms with Crippen LogP contribution in [0.15, 0.2) is 158 Å². The van der Waals surface area contributed by atoms with E-state index in [9.17, 15) is 0 Å². The third-order valence-electron chi connectivity index (χ3n) is 11.7. The van der Waals surface area contributed by atoms with Crippen molar-refractivity contribution in [2.45, 2.75) is 0 Å². The summed E-state index contributed by atoms with van der Waals surface area (Å²) >= 11 is 0. The maximum atomic E-state index is 2.61. The molecular weight excluding hydrogens is 605 g/mol. The van der Waals surface area contributed by atoms with E-state index in [-0.39, 0.29) is 0 Å². The van der Waals surface area contributed by atoms with Gasteiger partial charge in [-0.1, -0.05) is 127 Å². The van der Waals surface area contributed by atoms with Gasteiger partial charge in [0.15, 0.2) is 0 Å². The maximum Gasteiger partial charge on any atom is 0.0642 e. The number of hydrogen-bond acceptors (Lipinski definition) is 0. The van der Waals surface area contributed by atoms with E-state index in [2.05, 4.69) is 167 Å². The van der Waals surface area contributed by atoms with Crippen molar-refractivity contribution >= 4 is 76.2 Å². The van der Waals surface area contributed by atoms with Crippen LogP contribution >= 0.6 is 0 Å². The lowest BCUT2D eigenvalue weighted by atomic mass is 9.79. The lowest BCUT2D eigenvalue weighted by molar-refractivity contribution is 1.36. The molecule has 0 atom stereocenters. The van der Waals surface area contributed by atoms with Gasteiger partial charge in [0.1, 0.15) is 0 Å². The molecule has 13 rings (SSSR count). The zero-order valence-corrected chi connectivity index (χ0v) is 26.9. The summed E-state index contributed by atoms with van der Waals surface area (Å²) < 4.78 is 5.11. The average molecular weight is 631 g/mol. The van der Waals surface area contributed by atoms with Crippen molar-refractivity contribution in [3.05, 3.63) is 158 Å². The predicted molar refractivity (Wildman–Crippen MR) is 211 cm³/mol. The topological polar surface area (TPSA) is 8.82 Å². The minimum Gasteiger partial charge on any atom is -0.308 e. The molecule has 0 saturated carbocycles. The van der Waals surface area contributed by atoms with Gasteiger partial charge in [-0.2, -0.15) is 0 Å². The highest BCUT2D eigenvalue weighted by Crippen LogP contribution is 2.55. The molecule has 0 unspecified atom stereocenters. The van der Waals surface area contributed by atoms with E-state index in [0.717, 1.165) is 0 Å². The van der Waals surface area contributed by atoms with Crippen LogP contribution < -0.4 is 0 Å². The minimum atomic E-state index is 1.26. The summed E-state index contributed by atoms with van der Waals surface area (Å²) in [5.41, 5.74) is 18.0. The van der Waals surface area contributed by atoms with E-state index < -0.39 is 0 Å². The molecule has 0 fully saturated rings. The van der Waals surface area contributed by atoms with Gasteiger partial charge in [-0.25, -0.2) is 0 Å². The van der Waals surface area contributed by atoms with Crippen molar-refractivity contribution < 1.29 is 0 Å². The van der Waals surface area contributed by atoms with Crippen LogP contribution in [0.1, 0.15) is 0 Å². The van der Waals surface area contributed by atoms with Crippen LogP contribution in [0, 0.1) is 0 Å². The molecule has 12 aromatic rings. The molecule has 0 aliphatic heterocycles. The minimum absolute atomic E-state index is 1.26. The second-order valence-corrected chi connectivity index (χ2v) is 14.0. The van der Waals surface area contributed by atoms with E-state index in [4.69, 9.17) is 0 Å². The quantitative estimate of drug-likeness (QED) is 0.158. The van der Waals surface area contributed by atoms with E-state index in [1.165, 1.54) is 121 Å². The Morgan fingerprint density at radius 2 is 0.640 bits per heavy atom. The van der Waals surface area contributed by atoms with Crippen molar-refractivity contribution in [1.29, 1.82) is 0 Å². The number of hydrogen-bond donors (Lipinski definition) is 0. The van der Waals surface area contributed by atoms with Gasteiger partial charge in [-0.3, -0.25) is 0 Å². The molecule has 0 N–H and O–H groups in total. The molecule has 4 heterocycles. The molecule has 1 aliphatic carbocycles. The summed E-state index contributed by atoms with van der Waals surface area (Å²) in [6, 6.07) is 59.0. The second kappa shape index (κ2) is 8.68. The average Bonchev–Trinajstić information content (AvgIpc) is 3.90. The molecule has 0 saturated heterocycles. The fourth-order valence-corrected chi connectivity index (χ4v) is 9.88. The first-order valence-electron chi connectivity index (χ1n) is 17.5. The molecule has 8 aromatic carbocycles. The molecule has 0 radical (unpaired) electrons. The van der Waals surface area contributed by atoms with Crippen LogP contribution in [-0.2, 0) is 0 Å². The van der Waals surface area contributed by atoms with Crippen LogP contribution in [0.4, 0.5) is 0 Å². The number of benzene rings is 8. The van der Waals surface area contributed by atoms with Gasteiger partial charge >= 0.3 is 0 Å². The van der Waals surface area contributed by atoms with Crippen LogP contribution in [-0.4, -0.2) is 8.80 Å². The summed E-state index contributed by atoms with van der Waals surface area (Å²) in [5, 5.41) is 10.5. The van der Waals surface area contributed by atoms with Gasteiger partial charge in [0.2, 0.25) is 0 Å². The van der Waals surface area contributed by atoms with E-state index in [1.54, 1.807) is 0 Å². The molecule has 0 amide bonds. The number of rotatable bonds is 0. The number of aromatic nitrogens is 2. The Kier molecular flexibility index (Phi) is 4.41. The number of nitrogens with zero attached hydrogens (tertiary/aromatic N) is 2. The molecule has 4 aromatic heterocycles. The Hall–Kier alpha value is -6.64. The SMILES string of the molecule is c1ccc2c(c1)-c1ccccc1-c1cc3c4cc5c6ccccc6n6c7ccccc7c(c56)c4n4c5ccccc5c(c1-c1ccccc1-2)c34. The van der Waals surface area contributed by atoms with Crippen LogP contribution in [0.2, 0.25) is 0 Å². The Labute approximate surface area is 286 Å². The number of fused-ring (bicyclic) bond motifs is 22. The molecule has 0 bridgehead atoms. The lowest BCUT2D eigenvalue weighted by Crippen LogP contribution is -1.97. The number of para-hydroxylation sites is 3. The van der Waals surface area contributed by atoms with E-state index in [1.807, 2.05) is 0 Å². The first-order chi connectivity index (χ1) is 24.9. The fourth-order valence-electron chi connectivity index (χ4n) is 9.88. The standard InChI is InChI=1S/C48H26N2/c1-2-14-28-27(13-1)29-15-3-4-17-31(29)36-25-38-39-26-37-32-18-7-10-22-40(32)49-41-23-11-9-21-35(41)45(47(37)49)48(39)50-42-24-12-8-20-34(42)44(46(38)50)43(36)33-19-6-5-16-30(28)33/h1-26H. The summed E-state index contributed by atoms with van der Waals surface area (Å²) in [7, 11) is 0. The largest absolute Gasteiger partial charge is 0.308 e. The van der Waals surface area contributed by atoms with E-state index in [0.29, 0.717) is 0 Å². The van der Waals surface area contributed by atoms with E-state index >= 15 is 0 Å². The molecule has 1 aliphatic rings. The fraction of sp³-hybridized carbons (Fsp3) is 0. The molecular formula is C48H26N2. The summed E-state index contributed by atoms with van der Waals surface area (Å²) in [4.78, 5) is 0. The zero-order valence-electron chi connectivity index (χ0n) is 26.9. The second-order valence-electron chi connectivity index (χ2n) is 14.0. The molecule has 2 nitrogen and oxygen atoms in total. The van der Waals surface area contributed by atoms with Crippen molar-refractivity contribution in [1.82, 2.24) is 8.80 Å². The summed E-state index contributed by atoms with van der Waals surface area (Å²) in [5.74, 6) is 0. The normalized spacial score (nSPS) is 12.8. The highest BCUT2D eigenvalue weighted by atomic mass is 14.9. The Morgan fingerprint density at radius 1 is 0.260 bits per heavy atom. The van der Waals surface area contributed by atoms with Gasteiger partial charge in [0.25, 0.3) is 0 Å². The Bertz CT molecular complexity index is 3430. The van der Waals surface area contributed by atoms with Crippen LogP contribution in [0.25, 0.3) is 121 Å². The third kappa shape index (κ3) is 2.79.